The van der Waals surface area contributed by atoms with Crippen molar-refractivity contribution < 1.29 is 14.7 Å². The number of hydrogen-bond donors (Lipinski definition) is 3. The van der Waals surface area contributed by atoms with Gasteiger partial charge in [0.1, 0.15) is 5.01 Å². The number of amides is 1. The Morgan fingerprint density at radius 3 is 2.76 bits per heavy atom. The molecular formula is C14H23N3O3S. The zero-order chi connectivity index (χ0) is 15.7. The van der Waals surface area contributed by atoms with Gasteiger partial charge in [0.05, 0.1) is 6.54 Å². The third-order valence-corrected chi connectivity index (χ3v) is 4.11. The molecule has 0 bridgehead atoms. The molecule has 1 aromatic heterocycles. The average Bonchev–Trinajstić information content (AvgIpc) is 2.92. The first-order chi connectivity index (χ1) is 10.1. The summed E-state index contributed by atoms with van der Waals surface area (Å²) in [4.78, 5) is 26.4. The first-order valence-corrected chi connectivity index (χ1v) is 8.09. The molecule has 6 nitrogen and oxygen atoms in total. The lowest BCUT2D eigenvalue weighted by Gasteiger charge is -2.14. The number of nitrogens with two attached hydrogens (primary N) is 1. The summed E-state index contributed by atoms with van der Waals surface area (Å²) < 4.78 is 0. The van der Waals surface area contributed by atoms with E-state index in [0.29, 0.717) is 23.9 Å². The van der Waals surface area contributed by atoms with Crippen LogP contribution in [-0.4, -0.2) is 28.5 Å². The molecule has 0 saturated heterocycles. The first kappa shape index (κ1) is 17.6. The fourth-order valence-corrected chi connectivity index (χ4v) is 2.87. The molecular weight excluding hydrogens is 290 g/mol. The van der Waals surface area contributed by atoms with Crippen molar-refractivity contribution in [3.63, 3.8) is 0 Å². The predicted octanol–water partition coefficient (Wildman–Crippen LogP) is 2.00. The van der Waals surface area contributed by atoms with Gasteiger partial charge in [-0.2, -0.15) is 0 Å². The molecule has 0 aromatic carbocycles. The van der Waals surface area contributed by atoms with Crippen molar-refractivity contribution in [2.24, 2.45) is 11.7 Å². The predicted molar refractivity (Wildman–Crippen MR) is 82.2 cm³/mol. The summed E-state index contributed by atoms with van der Waals surface area (Å²) in [6, 6.07) is 0. The second kappa shape index (κ2) is 9.46. The Morgan fingerprint density at radius 2 is 2.19 bits per heavy atom. The largest absolute Gasteiger partial charge is 0.476 e. The number of carbonyl (C=O) groups is 2. The number of rotatable bonds is 10. The second-order valence-corrected chi connectivity index (χ2v) is 5.92. The Bertz CT molecular complexity index is 456. The zero-order valence-electron chi connectivity index (χ0n) is 12.3. The number of nitrogens with one attached hydrogen (secondary N) is 1. The molecule has 118 valence electrons. The Balaban J connectivity index is 2.31. The van der Waals surface area contributed by atoms with E-state index in [2.05, 4.69) is 17.2 Å². The summed E-state index contributed by atoms with van der Waals surface area (Å²) in [6.07, 6.45) is 4.47. The molecule has 1 amide bonds. The molecule has 1 aromatic rings. The van der Waals surface area contributed by atoms with E-state index in [1.165, 1.54) is 16.7 Å². The molecule has 0 saturated carbocycles. The van der Waals surface area contributed by atoms with Crippen molar-refractivity contribution in [2.45, 2.75) is 45.6 Å². The summed E-state index contributed by atoms with van der Waals surface area (Å²) in [7, 11) is 0. The minimum Gasteiger partial charge on any atom is -0.476 e. The Morgan fingerprint density at radius 1 is 1.43 bits per heavy atom. The zero-order valence-corrected chi connectivity index (χ0v) is 13.1. The van der Waals surface area contributed by atoms with Gasteiger partial charge in [0.25, 0.3) is 0 Å². The summed E-state index contributed by atoms with van der Waals surface area (Å²) in [5.41, 5.74) is 5.60. The van der Waals surface area contributed by atoms with Crippen LogP contribution in [-0.2, 0) is 11.3 Å². The third-order valence-electron chi connectivity index (χ3n) is 3.26. The minimum atomic E-state index is -1.05. The quantitative estimate of drug-likeness (QED) is 0.612. The molecule has 0 radical (unpaired) electrons. The van der Waals surface area contributed by atoms with Crippen molar-refractivity contribution in [3.05, 3.63) is 16.1 Å². The van der Waals surface area contributed by atoms with Crippen molar-refractivity contribution in [3.8, 4) is 0 Å². The van der Waals surface area contributed by atoms with E-state index in [4.69, 9.17) is 10.8 Å². The van der Waals surface area contributed by atoms with Gasteiger partial charge in [-0.15, -0.1) is 11.3 Å². The number of carboxylic acids is 1. The minimum absolute atomic E-state index is 0.0233. The summed E-state index contributed by atoms with van der Waals surface area (Å²) in [5, 5.41) is 13.6. The van der Waals surface area contributed by atoms with Crippen LogP contribution in [0.3, 0.4) is 0 Å². The number of aromatic nitrogens is 1. The highest BCUT2D eigenvalue weighted by Gasteiger charge is 2.12. The van der Waals surface area contributed by atoms with E-state index in [1.807, 2.05) is 0 Å². The maximum atomic E-state index is 11.8. The summed E-state index contributed by atoms with van der Waals surface area (Å²) in [5.74, 6) is -0.572. The Hall–Kier alpha value is -1.47. The van der Waals surface area contributed by atoms with Crippen LogP contribution in [0.2, 0.25) is 0 Å². The van der Waals surface area contributed by atoms with Crippen molar-refractivity contribution >= 4 is 23.2 Å². The fourth-order valence-electron chi connectivity index (χ4n) is 2.17. The summed E-state index contributed by atoms with van der Waals surface area (Å²) in [6.45, 7) is 3.07. The van der Waals surface area contributed by atoms with Gasteiger partial charge in [0.2, 0.25) is 5.91 Å². The Kier molecular flexibility index (Phi) is 7.92. The fraction of sp³-hybridized carbons (Fsp3) is 0.643. The topological polar surface area (TPSA) is 105 Å². The first-order valence-electron chi connectivity index (χ1n) is 7.21. The van der Waals surface area contributed by atoms with Crippen molar-refractivity contribution in [1.82, 2.24) is 10.3 Å². The second-order valence-electron chi connectivity index (χ2n) is 4.98. The van der Waals surface area contributed by atoms with Crippen LogP contribution in [0, 0.1) is 5.92 Å². The Labute approximate surface area is 128 Å². The average molecular weight is 313 g/mol. The van der Waals surface area contributed by atoms with Crippen molar-refractivity contribution in [1.29, 1.82) is 0 Å². The van der Waals surface area contributed by atoms with Gasteiger partial charge in [-0.3, -0.25) is 4.79 Å². The van der Waals surface area contributed by atoms with E-state index in [1.54, 1.807) is 0 Å². The van der Waals surface area contributed by atoms with E-state index < -0.39 is 5.97 Å². The molecule has 1 rings (SSSR count). The molecule has 0 aliphatic heterocycles. The molecule has 21 heavy (non-hydrogen) atoms. The lowest BCUT2D eigenvalue weighted by molar-refractivity contribution is -0.121. The lowest BCUT2D eigenvalue weighted by Crippen LogP contribution is -2.23. The molecule has 0 fully saturated rings. The van der Waals surface area contributed by atoms with Crippen LogP contribution in [0.4, 0.5) is 0 Å². The molecule has 4 N–H and O–H groups in total. The monoisotopic (exact) mass is 313 g/mol. The van der Waals surface area contributed by atoms with Gasteiger partial charge in [-0.05, 0) is 25.3 Å². The van der Waals surface area contributed by atoms with Gasteiger partial charge in [0, 0.05) is 11.8 Å². The van der Waals surface area contributed by atoms with Crippen LogP contribution >= 0.6 is 11.3 Å². The third kappa shape index (κ3) is 6.68. The molecule has 7 heteroatoms. The number of hydrogen-bond acceptors (Lipinski definition) is 5. The maximum Gasteiger partial charge on any atom is 0.355 e. The van der Waals surface area contributed by atoms with E-state index >= 15 is 0 Å². The van der Waals surface area contributed by atoms with Crippen LogP contribution in [0.1, 0.15) is 54.5 Å². The number of aromatic carboxylic acids is 1. The van der Waals surface area contributed by atoms with Gasteiger partial charge >= 0.3 is 5.97 Å². The van der Waals surface area contributed by atoms with Crippen LogP contribution in [0.15, 0.2) is 5.38 Å². The SMILES string of the molecule is CCCC(CCN)CCC(=O)NCc1nc(C(=O)O)cs1. The number of nitrogens with zero attached hydrogens (tertiary/aromatic N) is 1. The highest BCUT2D eigenvalue weighted by molar-refractivity contribution is 7.09. The molecule has 1 atom stereocenters. The van der Waals surface area contributed by atoms with Gasteiger partial charge in [-0.1, -0.05) is 19.8 Å². The standard InChI is InChI=1S/C14H23N3O3S/c1-2-3-10(6-7-15)4-5-12(18)16-8-13-17-11(9-21-13)14(19)20/h9-10H,2-8,15H2,1H3,(H,16,18)(H,19,20). The summed E-state index contributed by atoms with van der Waals surface area (Å²) >= 11 is 1.24. The molecule has 1 unspecified atom stereocenters. The van der Waals surface area contributed by atoms with Gasteiger partial charge in [-0.25, -0.2) is 9.78 Å². The number of carboxylic acid groups (broad SMARTS) is 1. The molecule has 0 spiro atoms. The van der Waals surface area contributed by atoms with Crippen molar-refractivity contribution in [2.75, 3.05) is 6.54 Å². The van der Waals surface area contributed by atoms with E-state index in [-0.39, 0.29) is 18.1 Å². The van der Waals surface area contributed by atoms with Crippen LogP contribution in [0.25, 0.3) is 0 Å². The van der Waals surface area contributed by atoms with Gasteiger partial charge < -0.3 is 16.2 Å². The van der Waals surface area contributed by atoms with Gasteiger partial charge in [0.15, 0.2) is 5.69 Å². The molecule has 0 aliphatic carbocycles. The molecule has 1 heterocycles. The van der Waals surface area contributed by atoms with Crippen LogP contribution < -0.4 is 11.1 Å². The van der Waals surface area contributed by atoms with E-state index in [9.17, 15) is 9.59 Å². The molecule has 0 aliphatic rings. The number of thiazole rings is 1. The highest BCUT2D eigenvalue weighted by atomic mass is 32.1. The lowest BCUT2D eigenvalue weighted by atomic mass is 9.94. The number of carbonyl (C=O) groups excluding carboxylic acids is 1. The highest BCUT2D eigenvalue weighted by Crippen LogP contribution is 2.17. The smallest absolute Gasteiger partial charge is 0.355 e. The normalized spacial score (nSPS) is 12.1. The maximum absolute atomic E-state index is 11.8. The van der Waals surface area contributed by atoms with E-state index in [0.717, 1.165) is 25.7 Å². The van der Waals surface area contributed by atoms with Crippen LogP contribution in [0.5, 0.6) is 0 Å².